The van der Waals surface area contributed by atoms with Crippen molar-refractivity contribution in [3.05, 3.63) is 52.1 Å². The lowest BCUT2D eigenvalue weighted by atomic mass is 9.85. The van der Waals surface area contributed by atoms with Gasteiger partial charge in [0.05, 0.1) is 17.5 Å². The van der Waals surface area contributed by atoms with Crippen LogP contribution >= 0.6 is 11.6 Å². The maximum Gasteiger partial charge on any atom is 0.238 e. The first kappa shape index (κ1) is 14.7. The number of allylic oxidation sites excluding steroid dienone is 4. The van der Waals surface area contributed by atoms with Crippen molar-refractivity contribution in [3.63, 3.8) is 0 Å². The molecule has 2 bridgehead atoms. The van der Waals surface area contributed by atoms with E-state index in [1.807, 2.05) is 13.0 Å². The summed E-state index contributed by atoms with van der Waals surface area (Å²) in [5.41, 5.74) is 4.01. The van der Waals surface area contributed by atoms with Crippen LogP contribution in [0.5, 0.6) is 0 Å². The second-order valence-corrected chi connectivity index (χ2v) is 7.32. The zero-order valence-corrected chi connectivity index (χ0v) is 14.1. The highest BCUT2D eigenvalue weighted by molar-refractivity contribution is 6.31. The lowest BCUT2D eigenvalue weighted by molar-refractivity contribution is -0.122. The van der Waals surface area contributed by atoms with Gasteiger partial charge < -0.3 is 0 Å². The molecule has 1 heterocycles. The Bertz CT molecular complexity index is 770. The van der Waals surface area contributed by atoms with Crippen LogP contribution < -0.4 is 4.90 Å². The Morgan fingerprint density at radius 1 is 1.04 bits per heavy atom. The van der Waals surface area contributed by atoms with Crippen molar-refractivity contribution >= 4 is 29.1 Å². The van der Waals surface area contributed by atoms with Crippen molar-refractivity contribution < 1.29 is 9.59 Å². The van der Waals surface area contributed by atoms with Crippen molar-refractivity contribution in [1.82, 2.24) is 0 Å². The number of rotatable bonds is 1. The minimum absolute atomic E-state index is 0.0796. The number of nitrogens with zero attached hydrogens (tertiary/aromatic N) is 1. The van der Waals surface area contributed by atoms with Crippen molar-refractivity contribution in [2.45, 2.75) is 20.8 Å². The first-order valence-electron chi connectivity index (χ1n) is 7.91. The Hall–Kier alpha value is -1.87. The summed E-state index contributed by atoms with van der Waals surface area (Å²) >= 11 is 6.08. The minimum atomic E-state index is -0.249. The van der Waals surface area contributed by atoms with Crippen molar-refractivity contribution in [3.8, 4) is 0 Å². The highest BCUT2D eigenvalue weighted by atomic mass is 35.5. The molecular weight excluding hydrogens is 310 g/mol. The summed E-state index contributed by atoms with van der Waals surface area (Å²) in [6.45, 7) is 6.03. The van der Waals surface area contributed by atoms with Gasteiger partial charge in [-0.3, -0.25) is 9.59 Å². The van der Waals surface area contributed by atoms with Gasteiger partial charge in [-0.25, -0.2) is 4.90 Å². The number of benzene rings is 1. The largest absolute Gasteiger partial charge is 0.274 e. The molecule has 1 aromatic carbocycles. The van der Waals surface area contributed by atoms with Gasteiger partial charge in [0, 0.05) is 16.9 Å². The number of hydrogen-bond donors (Lipinski definition) is 0. The lowest BCUT2D eigenvalue weighted by Crippen LogP contribution is -2.33. The number of carbonyl (C=O) groups is 2. The van der Waals surface area contributed by atoms with Gasteiger partial charge in [-0.05, 0) is 38.5 Å². The summed E-state index contributed by atoms with van der Waals surface area (Å²) in [7, 11) is 0. The third-order valence-corrected chi connectivity index (χ3v) is 5.64. The molecule has 4 rings (SSSR count). The van der Waals surface area contributed by atoms with Crippen LogP contribution in [0.25, 0.3) is 0 Å². The van der Waals surface area contributed by atoms with E-state index in [-0.39, 0.29) is 35.5 Å². The molecule has 0 spiro atoms. The fourth-order valence-electron chi connectivity index (χ4n) is 4.49. The van der Waals surface area contributed by atoms with Gasteiger partial charge in [-0.1, -0.05) is 41.0 Å². The highest BCUT2D eigenvalue weighted by Gasteiger charge is 2.62. The molecule has 1 aliphatic heterocycles. The summed E-state index contributed by atoms with van der Waals surface area (Å²) in [5.74, 6) is -0.504. The molecule has 118 valence electrons. The topological polar surface area (TPSA) is 37.4 Å². The molecule has 0 radical (unpaired) electrons. The first-order chi connectivity index (χ1) is 10.9. The number of fused-ring (bicyclic) bond motifs is 5. The maximum absolute atomic E-state index is 13.0. The van der Waals surface area contributed by atoms with Crippen molar-refractivity contribution in [2.75, 3.05) is 4.90 Å². The third-order valence-electron chi connectivity index (χ3n) is 5.41. The Kier molecular flexibility index (Phi) is 3.08. The van der Waals surface area contributed by atoms with E-state index in [4.69, 9.17) is 11.6 Å². The van der Waals surface area contributed by atoms with E-state index < -0.39 is 0 Å². The molecule has 23 heavy (non-hydrogen) atoms. The predicted molar refractivity (Wildman–Crippen MR) is 90.2 cm³/mol. The van der Waals surface area contributed by atoms with Crippen LogP contribution in [0, 0.1) is 30.6 Å². The molecule has 3 nitrogen and oxygen atoms in total. The molecule has 0 N–H and O–H groups in total. The summed E-state index contributed by atoms with van der Waals surface area (Å²) in [6.07, 6.45) is 4.21. The van der Waals surface area contributed by atoms with Crippen LogP contribution in [0.4, 0.5) is 5.69 Å². The van der Waals surface area contributed by atoms with Gasteiger partial charge in [-0.15, -0.1) is 0 Å². The Labute approximate surface area is 140 Å². The smallest absolute Gasteiger partial charge is 0.238 e. The van der Waals surface area contributed by atoms with E-state index >= 15 is 0 Å². The first-order valence-corrected chi connectivity index (χ1v) is 8.29. The summed E-state index contributed by atoms with van der Waals surface area (Å²) in [5, 5.41) is 0.536. The van der Waals surface area contributed by atoms with Gasteiger partial charge in [0.1, 0.15) is 0 Å². The lowest BCUT2D eigenvalue weighted by Gasteiger charge is -2.21. The zero-order valence-electron chi connectivity index (χ0n) is 13.3. The average Bonchev–Trinajstić information content (AvgIpc) is 3.13. The Balaban J connectivity index is 1.80. The average molecular weight is 328 g/mol. The van der Waals surface area contributed by atoms with Gasteiger partial charge >= 0.3 is 0 Å². The molecule has 0 aromatic heterocycles. The van der Waals surface area contributed by atoms with Crippen LogP contribution in [0.3, 0.4) is 0 Å². The Morgan fingerprint density at radius 3 is 2.13 bits per heavy atom. The molecule has 2 fully saturated rings. The van der Waals surface area contributed by atoms with Gasteiger partial charge in [0.15, 0.2) is 0 Å². The minimum Gasteiger partial charge on any atom is -0.274 e. The fraction of sp³-hybridized carbons (Fsp3) is 0.368. The summed E-state index contributed by atoms with van der Waals surface area (Å²) in [4.78, 5) is 27.4. The molecule has 1 saturated heterocycles. The van der Waals surface area contributed by atoms with Gasteiger partial charge in [0.2, 0.25) is 11.8 Å². The normalized spacial score (nSPS) is 31.3. The number of anilines is 1. The van der Waals surface area contributed by atoms with E-state index in [9.17, 15) is 9.59 Å². The van der Waals surface area contributed by atoms with Crippen LogP contribution in [-0.2, 0) is 9.59 Å². The molecule has 4 atom stereocenters. The summed E-state index contributed by atoms with van der Waals surface area (Å²) in [6, 6.07) is 5.34. The second-order valence-electron chi connectivity index (χ2n) is 6.89. The maximum atomic E-state index is 13.0. The molecule has 4 heteroatoms. The molecule has 1 saturated carbocycles. The molecule has 3 aliphatic rings. The standard InChI is InChI=1S/C19H18ClNO2/c1-9(2)15-12-6-7-13(15)17-16(12)18(22)21(19(17)23)14-8-11(20)5-4-10(14)3/h4-8,12-13,16-17H,1-3H3/t12-,13+,16-,17+. The van der Waals surface area contributed by atoms with Crippen LogP contribution in [-0.4, -0.2) is 11.8 Å². The van der Waals surface area contributed by atoms with E-state index in [1.165, 1.54) is 16.0 Å². The van der Waals surface area contributed by atoms with E-state index in [0.717, 1.165) is 5.56 Å². The molecule has 1 aromatic rings. The Morgan fingerprint density at radius 2 is 1.61 bits per heavy atom. The summed E-state index contributed by atoms with van der Waals surface area (Å²) < 4.78 is 0. The molecule has 2 amide bonds. The molecule has 2 aliphatic carbocycles. The zero-order chi connectivity index (χ0) is 16.5. The number of aryl methyl sites for hydroxylation is 1. The predicted octanol–water partition coefficient (Wildman–Crippen LogP) is 3.91. The van der Waals surface area contributed by atoms with E-state index in [2.05, 4.69) is 26.0 Å². The fourth-order valence-corrected chi connectivity index (χ4v) is 4.66. The van der Waals surface area contributed by atoms with Crippen molar-refractivity contribution in [1.29, 1.82) is 0 Å². The van der Waals surface area contributed by atoms with E-state index in [1.54, 1.807) is 12.1 Å². The number of imide groups is 1. The molecular formula is C19H18ClNO2. The van der Waals surface area contributed by atoms with Crippen LogP contribution in [0.15, 0.2) is 41.5 Å². The quantitative estimate of drug-likeness (QED) is 0.579. The number of hydrogen-bond acceptors (Lipinski definition) is 2. The number of amides is 2. The monoisotopic (exact) mass is 327 g/mol. The van der Waals surface area contributed by atoms with Crippen LogP contribution in [0.1, 0.15) is 19.4 Å². The second kappa shape index (κ2) is 4.81. The van der Waals surface area contributed by atoms with Crippen molar-refractivity contribution in [2.24, 2.45) is 23.7 Å². The number of carbonyl (C=O) groups excluding carboxylic acids is 2. The van der Waals surface area contributed by atoms with E-state index in [0.29, 0.717) is 10.7 Å². The SMILES string of the molecule is CC(C)=C1[C@H]2C=C[C@@H]1[C@@H]1C(=O)N(c3cc(Cl)ccc3C)C(=O)[C@@H]12. The molecule has 0 unspecified atom stereocenters. The van der Waals surface area contributed by atoms with Gasteiger partial charge in [0.25, 0.3) is 0 Å². The highest BCUT2D eigenvalue weighted by Crippen LogP contribution is 2.57. The van der Waals surface area contributed by atoms with Crippen LogP contribution in [0.2, 0.25) is 5.02 Å². The van der Waals surface area contributed by atoms with Gasteiger partial charge in [-0.2, -0.15) is 0 Å². The number of halogens is 1. The third kappa shape index (κ3) is 1.83.